The van der Waals surface area contributed by atoms with E-state index >= 15 is 0 Å². The first-order valence-corrected chi connectivity index (χ1v) is 6.06. The highest BCUT2D eigenvalue weighted by molar-refractivity contribution is 7.10. The van der Waals surface area contributed by atoms with E-state index in [9.17, 15) is 4.79 Å². The molecule has 0 bridgehead atoms. The van der Waals surface area contributed by atoms with Crippen LogP contribution in [0.4, 0.5) is 0 Å². The van der Waals surface area contributed by atoms with E-state index in [2.05, 4.69) is 11.4 Å². The SMILES string of the molecule is CN[C@H]1CCN(Cc2csc(C#N)c2)C1=O. The molecule has 1 saturated heterocycles. The molecule has 0 aliphatic carbocycles. The number of likely N-dealkylation sites (tertiary alicyclic amines) is 1. The molecule has 0 radical (unpaired) electrons. The quantitative estimate of drug-likeness (QED) is 0.848. The maximum atomic E-state index is 11.8. The predicted molar refractivity (Wildman–Crippen MR) is 61.9 cm³/mol. The van der Waals surface area contributed by atoms with Gasteiger partial charge in [0.2, 0.25) is 5.91 Å². The van der Waals surface area contributed by atoms with Gasteiger partial charge in [0.15, 0.2) is 0 Å². The van der Waals surface area contributed by atoms with Gasteiger partial charge in [0.25, 0.3) is 0 Å². The second kappa shape index (κ2) is 4.64. The van der Waals surface area contributed by atoms with Crippen LogP contribution >= 0.6 is 11.3 Å². The minimum absolute atomic E-state index is 0.0333. The van der Waals surface area contributed by atoms with Gasteiger partial charge in [-0.3, -0.25) is 4.79 Å². The molecule has 2 rings (SSSR count). The molecule has 0 saturated carbocycles. The zero-order valence-electron chi connectivity index (χ0n) is 9.06. The third-order valence-electron chi connectivity index (χ3n) is 2.78. The van der Waals surface area contributed by atoms with Gasteiger partial charge in [-0.05, 0) is 30.5 Å². The molecule has 1 atom stereocenters. The first kappa shape index (κ1) is 11.1. The fourth-order valence-corrected chi connectivity index (χ4v) is 2.59. The predicted octanol–water partition coefficient (Wildman–Crippen LogP) is 0.940. The van der Waals surface area contributed by atoms with Crippen LogP contribution in [0.15, 0.2) is 11.4 Å². The van der Waals surface area contributed by atoms with Crippen molar-refractivity contribution >= 4 is 17.2 Å². The summed E-state index contributed by atoms with van der Waals surface area (Å²) in [6.07, 6.45) is 0.866. The Balaban J connectivity index is 2.01. The molecule has 1 aromatic rings. The molecule has 0 unspecified atom stereocenters. The molecule has 16 heavy (non-hydrogen) atoms. The second-order valence-corrected chi connectivity index (χ2v) is 4.73. The molecule has 1 aliphatic rings. The topological polar surface area (TPSA) is 56.1 Å². The number of nitrogens with zero attached hydrogens (tertiary/aromatic N) is 2. The Bertz CT molecular complexity index is 435. The summed E-state index contributed by atoms with van der Waals surface area (Å²) in [5, 5.41) is 13.7. The Labute approximate surface area is 98.5 Å². The summed E-state index contributed by atoms with van der Waals surface area (Å²) in [6, 6.07) is 3.92. The molecular formula is C11H13N3OS. The minimum atomic E-state index is -0.0333. The van der Waals surface area contributed by atoms with Gasteiger partial charge in [-0.2, -0.15) is 5.26 Å². The Kier molecular flexibility index (Phi) is 3.22. The Morgan fingerprint density at radius 2 is 2.56 bits per heavy atom. The fraction of sp³-hybridized carbons (Fsp3) is 0.455. The van der Waals surface area contributed by atoms with Gasteiger partial charge < -0.3 is 10.2 Å². The maximum absolute atomic E-state index is 11.8. The van der Waals surface area contributed by atoms with Crippen molar-refractivity contribution in [3.63, 3.8) is 0 Å². The van der Waals surface area contributed by atoms with Crippen LogP contribution in [0.5, 0.6) is 0 Å². The first-order valence-electron chi connectivity index (χ1n) is 5.18. The molecule has 84 valence electrons. The molecule has 0 spiro atoms. The molecule has 0 aromatic carbocycles. The van der Waals surface area contributed by atoms with Gasteiger partial charge in [-0.15, -0.1) is 11.3 Å². The lowest BCUT2D eigenvalue weighted by Gasteiger charge is -2.15. The van der Waals surface area contributed by atoms with E-state index in [1.54, 1.807) is 0 Å². The minimum Gasteiger partial charge on any atom is -0.337 e. The van der Waals surface area contributed by atoms with E-state index in [4.69, 9.17) is 5.26 Å². The summed E-state index contributed by atoms with van der Waals surface area (Å²) in [4.78, 5) is 14.4. The first-order chi connectivity index (χ1) is 7.74. The number of carbonyl (C=O) groups is 1. The zero-order valence-corrected chi connectivity index (χ0v) is 9.88. The monoisotopic (exact) mass is 235 g/mol. The van der Waals surface area contributed by atoms with Crippen LogP contribution in [0.1, 0.15) is 16.9 Å². The zero-order chi connectivity index (χ0) is 11.5. The van der Waals surface area contributed by atoms with E-state index in [-0.39, 0.29) is 11.9 Å². The number of nitrogens with one attached hydrogen (secondary N) is 1. The van der Waals surface area contributed by atoms with Crippen LogP contribution in [0.3, 0.4) is 0 Å². The highest BCUT2D eigenvalue weighted by Gasteiger charge is 2.30. The molecule has 2 heterocycles. The summed E-state index contributed by atoms with van der Waals surface area (Å²) in [7, 11) is 1.81. The van der Waals surface area contributed by atoms with Gasteiger partial charge in [0, 0.05) is 13.1 Å². The third kappa shape index (κ3) is 2.08. The van der Waals surface area contributed by atoms with Crippen molar-refractivity contribution in [3.05, 3.63) is 21.9 Å². The smallest absolute Gasteiger partial charge is 0.240 e. The number of likely N-dealkylation sites (N-methyl/N-ethyl adjacent to an activating group) is 1. The lowest BCUT2D eigenvalue weighted by molar-refractivity contribution is -0.129. The largest absolute Gasteiger partial charge is 0.337 e. The molecular weight excluding hydrogens is 222 g/mol. The lowest BCUT2D eigenvalue weighted by Crippen LogP contribution is -2.35. The van der Waals surface area contributed by atoms with E-state index in [0.29, 0.717) is 11.4 Å². The van der Waals surface area contributed by atoms with Crippen LogP contribution in [0.2, 0.25) is 0 Å². The van der Waals surface area contributed by atoms with Crippen molar-refractivity contribution < 1.29 is 4.79 Å². The second-order valence-electron chi connectivity index (χ2n) is 3.82. The lowest BCUT2D eigenvalue weighted by atomic mass is 10.2. The van der Waals surface area contributed by atoms with E-state index in [1.165, 1.54) is 11.3 Å². The number of hydrogen-bond acceptors (Lipinski definition) is 4. The summed E-state index contributed by atoms with van der Waals surface area (Å²) >= 11 is 1.43. The number of carbonyl (C=O) groups excluding carboxylic acids is 1. The number of amides is 1. The van der Waals surface area contributed by atoms with Crippen LogP contribution < -0.4 is 5.32 Å². The van der Waals surface area contributed by atoms with Crippen LogP contribution in [0.25, 0.3) is 0 Å². The Morgan fingerprint density at radius 1 is 1.75 bits per heavy atom. The van der Waals surface area contributed by atoms with Crippen molar-refractivity contribution in [2.75, 3.05) is 13.6 Å². The van der Waals surface area contributed by atoms with Gasteiger partial charge in [-0.1, -0.05) is 0 Å². The molecule has 4 nitrogen and oxygen atoms in total. The van der Waals surface area contributed by atoms with Crippen molar-refractivity contribution in [2.45, 2.75) is 19.0 Å². The van der Waals surface area contributed by atoms with Gasteiger partial charge in [0.05, 0.1) is 6.04 Å². The summed E-state index contributed by atoms with van der Waals surface area (Å²) in [5.74, 6) is 0.159. The van der Waals surface area contributed by atoms with Crippen LogP contribution in [-0.4, -0.2) is 30.4 Å². The summed E-state index contributed by atoms with van der Waals surface area (Å²) in [6.45, 7) is 1.41. The highest BCUT2D eigenvalue weighted by atomic mass is 32.1. The van der Waals surface area contributed by atoms with E-state index in [1.807, 2.05) is 23.4 Å². The summed E-state index contributed by atoms with van der Waals surface area (Å²) < 4.78 is 0. The molecule has 1 amide bonds. The van der Waals surface area contributed by atoms with Crippen molar-refractivity contribution in [1.82, 2.24) is 10.2 Å². The van der Waals surface area contributed by atoms with Gasteiger partial charge in [0.1, 0.15) is 10.9 Å². The fourth-order valence-electron chi connectivity index (χ4n) is 1.90. The van der Waals surface area contributed by atoms with E-state index < -0.39 is 0 Å². The highest BCUT2D eigenvalue weighted by Crippen LogP contribution is 2.19. The standard InChI is InChI=1S/C11H13N3OS/c1-13-10-2-3-14(11(10)15)6-8-4-9(5-12)16-7-8/h4,7,10,13H,2-3,6H2,1H3/t10-/m0/s1. The molecule has 1 N–H and O–H groups in total. The molecule has 1 aromatic heterocycles. The van der Waals surface area contributed by atoms with Gasteiger partial charge >= 0.3 is 0 Å². The number of thiophene rings is 1. The third-order valence-corrected chi connectivity index (χ3v) is 3.67. The summed E-state index contributed by atoms with van der Waals surface area (Å²) in [5.41, 5.74) is 1.05. The van der Waals surface area contributed by atoms with Crippen molar-refractivity contribution in [1.29, 1.82) is 5.26 Å². The maximum Gasteiger partial charge on any atom is 0.240 e. The molecule has 1 aliphatic heterocycles. The average Bonchev–Trinajstić information content (AvgIpc) is 2.88. The number of hydrogen-bond donors (Lipinski definition) is 1. The Hall–Kier alpha value is -1.38. The van der Waals surface area contributed by atoms with Crippen LogP contribution in [-0.2, 0) is 11.3 Å². The van der Waals surface area contributed by atoms with Crippen LogP contribution in [0, 0.1) is 11.3 Å². The number of rotatable bonds is 3. The number of nitriles is 1. The van der Waals surface area contributed by atoms with E-state index in [0.717, 1.165) is 18.5 Å². The molecule has 1 fully saturated rings. The normalized spacial score (nSPS) is 20.1. The van der Waals surface area contributed by atoms with Crippen molar-refractivity contribution in [3.8, 4) is 6.07 Å². The van der Waals surface area contributed by atoms with Gasteiger partial charge in [-0.25, -0.2) is 0 Å². The Morgan fingerprint density at radius 3 is 3.12 bits per heavy atom. The van der Waals surface area contributed by atoms with Crippen molar-refractivity contribution in [2.24, 2.45) is 0 Å². The molecule has 5 heteroatoms. The average molecular weight is 235 g/mol.